The van der Waals surface area contributed by atoms with Crippen molar-refractivity contribution in [3.63, 3.8) is 0 Å². The summed E-state index contributed by atoms with van der Waals surface area (Å²) in [7, 11) is 0. The first-order valence-electron chi connectivity index (χ1n) is 19.5. The standard InChI is InChI=1S/C49H31F3N10/c1-26-55-27(2)58-47(57-26)31-15-18-43-37(21-31)34-10-6-8-12-41(34)61(43)45-23-36(33-17-14-30(25-53)20-39(33)49(50,51)52)40(54-5)24-46(45)62-42-13-9-7-11-35(42)38-22-32(16-19-44(38)62)48-59-28(3)56-29(4)60-48/h6-24H,1-4H3. The molecule has 0 atom stereocenters. The van der Waals surface area contributed by atoms with Gasteiger partial charge in [-0.25, -0.2) is 34.7 Å². The molecule has 0 spiro atoms. The molecule has 6 aromatic carbocycles. The minimum absolute atomic E-state index is 0.00118. The SMILES string of the molecule is [C-]#[N+]c1cc(-n2c3ccccc3c3cc(-c4nc(C)nc(C)n4)ccc32)c(-n2c3ccccc3c3cc(-c4nc(C)nc(C)n4)ccc32)cc1-c1ccc(C#N)cc1C(F)(F)F. The van der Waals surface area contributed by atoms with Gasteiger partial charge in [0.2, 0.25) is 0 Å². The van der Waals surface area contributed by atoms with Crippen molar-refractivity contribution in [3.05, 3.63) is 161 Å². The summed E-state index contributed by atoms with van der Waals surface area (Å²) < 4.78 is 48.9. The van der Waals surface area contributed by atoms with E-state index in [2.05, 4.69) is 39.3 Å². The largest absolute Gasteiger partial charge is 0.417 e. The molecule has 298 valence electrons. The smallest absolute Gasteiger partial charge is 0.308 e. The van der Waals surface area contributed by atoms with E-state index >= 15 is 0 Å². The van der Waals surface area contributed by atoms with Crippen LogP contribution in [0.2, 0.25) is 0 Å². The third-order valence-corrected chi connectivity index (χ3v) is 11.0. The molecule has 13 heteroatoms. The maximum Gasteiger partial charge on any atom is 0.417 e. The monoisotopic (exact) mass is 816 g/mol. The average Bonchev–Trinajstić information content (AvgIpc) is 3.77. The Bertz CT molecular complexity index is 3570. The van der Waals surface area contributed by atoms with Crippen LogP contribution in [0.15, 0.2) is 115 Å². The van der Waals surface area contributed by atoms with Gasteiger partial charge in [-0.15, -0.1) is 0 Å². The van der Waals surface area contributed by atoms with Gasteiger partial charge in [0.15, 0.2) is 17.3 Å². The molecule has 0 aliphatic heterocycles. The van der Waals surface area contributed by atoms with Crippen molar-refractivity contribution in [2.75, 3.05) is 0 Å². The van der Waals surface area contributed by atoms with E-state index in [0.29, 0.717) is 46.3 Å². The number of benzene rings is 6. The molecule has 10 nitrogen and oxygen atoms in total. The van der Waals surface area contributed by atoms with Gasteiger partial charge in [-0.3, -0.25) is 0 Å². The lowest BCUT2D eigenvalue weighted by molar-refractivity contribution is -0.137. The van der Waals surface area contributed by atoms with E-state index in [0.717, 1.165) is 60.8 Å². The van der Waals surface area contributed by atoms with E-state index < -0.39 is 11.7 Å². The fraction of sp³-hybridized carbons (Fsp3) is 0.102. The molecule has 4 heterocycles. The second kappa shape index (κ2) is 14.2. The molecule has 0 bridgehead atoms. The number of para-hydroxylation sites is 2. The highest BCUT2D eigenvalue weighted by Gasteiger charge is 2.35. The molecule has 0 saturated carbocycles. The summed E-state index contributed by atoms with van der Waals surface area (Å²) in [6, 6.07) is 36.2. The number of aromatic nitrogens is 8. The zero-order valence-electron chi connectivity index (χ0n) is 33.6. The zero-order chi connectivity index (χ0) is 43.0. The van der Waals surface area contributed by atoms with Gasteiger partial charge < -0.3 is 9.13 Å². The van der Waals surface area contributed by atoms with Gasteiger partial charge >= 0.3 is 6.18 Å². The van der Waals surface area contributed by atoms with Crippen LogP contribution in [-0.2, 0) is 6.18 Å². The third-order valence-electron chi connectivity index (χ3n) is 11.0. The van der Waals surface area contributed by atoms with Gasteiger partial charge in [0.25, 0.3) is 0 Å². The Labute approximate surface area is 352 Å². The number of rotatable bonds is 5. The highest BCUT2D eigenvalue weighted by atomic mass is 19.4. The summed E-state index contributed by atoms with van der Waals surface area (Å²) in [5, 5.41) is 13.1. The molecule has 4 aromatic heterocycles. The van der Waals surface area contributed by atoms with E-state index in [1.54, 1.807) is 12.1 Å². The fourth-order valence-electron chi connectivity index (χ4n) is 8.55. The maximum absolute atomic E-state index is 14.9. The first kappa shape index (κ1) is 37.9. The number of halogens is 3. The minimum Gasteiger partial charge on any atom is -0.308 e. The predicted molar refractivity (Wildman–Crippen MR) is 233 cm³/mol. The molecule has 0 amide bonds. The van der Waals surface area contributed by atoms with E-state index in [1.165, 1.54) is 12.1 Å². The second-order valence-corrected chi connectivity index (χ2v) is 15.0. The van der Waals surface area contributed by atoms with Crippen LogP contribution in [0.1, 0.15) is 34.4 Å². The topological polar surface area (TPSA) is 115 Å². The molecule has 0 unspecified atom stereocenters. The molecule has 0 radical (unpaired) electrons. The van der Waals surface area contributed by atoms with Crippen molar-refractivity contribution in [2.45, 2.75) is 33.9 Å². The van der Waals surface area contributed by atoms with E-state index in [4.69, 9.17) is 6.57 Å². The van der Waals surface area contributed by atoms with E-state index in [9.17, 15) is 18.4 Å². The van der Waals surface area contributed by atoms with Crippen LogP contribution >= 0.6 is 0 Å². The normalized spacial score (nSPS) is 11.8. The molecule has 10 aromatic rings. The van der Waals surface area contributed by atoms with Crippen molar-refractivity contribution < 1.29 is 13.2 Å². The molecule has 0 aliphatic carbocycles. The maximum atomic E-state index is 14.9. The first-order chi connectivity index (χ1) is 29.9. The molecular formula is C49H31F3N10. The quantitative estimate of drug-likeness (QED) is 0.159. The van der Waals surface area contributed by atoms with Crippen molar-refractivity contribution in [1.29, 1.82) is 5.26 Å². The second-order valence-electron chi connectivity index (χ2n) is 15.0. The number of nitrogens with zero attached hydrogens (tertiary/aromatic N) is 10. The Morgan fingerprint density at radius 3 is 1.47 bits per heavy atom. The molecule has 0 fully saturated rings. The molecule has 10 rings (SSSR count). The lowest BCUT2D eigenvalue weighted by Crippen LogP contribution is -2.09. The summed E-state index contributed by atoms with van der Waals surface area (Å²) in [4.78, 5) is 31.1. The van der Waals surface area contributed by atoms with Gasteiger partial charge in [0.05, 0.1) is 57.2 Å². The summed E-state index contributed by atoms with van der Waals surface area (Å²) in [6.45, 7) is 15.7. The van der Waals surface area contributed by atoms with Gasteiger partial charge in [-0.2, -0.15) is 18.4 Å². The van der Waals surface area contributed by atoms with Gasteiger partial charge in [0.1, 0.15) is 23.3 Å². The summed E-state index contributed by atoms with van der Waals surface area (Å²) in [5.74, 6) is 3.42. The Hall–Kier alpha value is -8.29. The highest BCUT2D eigenvalue weighted by molar-refractivity contribution is 6.13. The van der Waals surface area contributed by atoms with Crippen LogP contribution in [0, 0.1) is 45.6 Å². The molecule has 0 N–H and O–H groups in total. The zero-order valence-corrected chi connectivity index (χ0v) is 33.6. The third kappa shape index (κ3) is 6.18. The molecular weight excluding hydrogens is 786 g/mol. The van der Waals surface area contributed by atoms with Crippen molar-refractivity contribution in [1.82, 2.24) is 39.0 Å². The lowest BCUT2D eigenvalue weighted by atomic mass is 9.95. The van der Waals surface area contributed by atoms with Crippen molar-refractivity contribution >= 4 is 49.3 Å². The average molecular weight is 817 g/mol. The predicted octanol–water partition coefficient (Wildman–Crippen LogP) is 11.9. The number of fused-ring (bicyclic) bond motifs is 6. The van der Waals surface area contributed by atoms with Crippen LogP contribution in [0.5, 0.6) is 0 Å². The Balaban J connectivity index is 1.33. The number of hydrogen-bond acceptors (Lipinski definition) is 7. The van der Waals surface area contributed by atoms with Crippen LogP contribution in [0.4, 0.5) is 18.9 Å². The lowest BCUT2D eigenvalue weighted by Gasteiger charge is -2.21. The fourth-order valence-corrected chi connectivity index (χ4v) is 8.55. The first-order valence-corrected chi connectivity index (χ1v) is 19.5. The van der Waals surface area contributed by atoms with Gasteiger partial charge in [0, 0.05) is 32.7 Å². The number of aryl methyl sites for hydroxylation is 4. The Morgan fingerprint density at radius 1 is 0.532 bits per heavy atom. The Kier molecular flexibility index (Phi) is 8.68. The van der Waals surface area contributed by atoms with Crippen molar-refractivity contribution in [3.8, 4) is 51.3 Å². The molecule has 62 heavy (non-hydrogen) atoms. The number of hydrogen-bond donors (Lipinski definition) is 0. The van der Waals surface area contributed by atoms with Gasteiger partial charge in [-0.05, 0) is 112 Å². The summed E-state index contributed by atoms with van der Waals surface area (Å²) >= 11 is 0. The number of nitriles is 1. The minimum atomic E-state index is -4.82. The Morgan fingerprint density at radius 2 is 1.00 bits per heavy atom. The van der Waals surface area contributed by atoms with Gasteiger partial charge in [-0.1, -0.05) is 42.5 Å². The van der Waals surface area contributed by atoms with Crippen LogP contribution in [-0.4, -0.2) is 39.0 Å². The highest BCUT2D eigenvalue weighted by Crippen LogP contribution is 2.46. The van der Waals surface area contributed by atoms with Crippen molar-refractivity contribution in [2.24, 2.45) is 0 Å². The summed E-state index contributed by atoms with van der Waals surface area (Å²) in [5.41, 5.74) is 4.48. The number of alkyl halides is 3. The van der Waals surface area contributed by atoms with Crippen LogP contribution in [0.25, 0.3) is 93.7 Å². The summed E-state index contributed by atoms with van der Waals surface area (Å²) in [6.07, 6.45) is -4.82. The molecule has 0 aliphatic rings. The van der Waals surface area contributed by atoms with E-state index in [1.807, 2.05) is 123 Å². The van der Waals surface area contributed by atoms with Crippen LogP contribution < -0.4 is 0 Å². The van der Waals surface area contributed by atoms with Crippen LogP contribution in [0.3, 0.4) is 0 Å². The molecule has 0 saturated heterocycles. The van der Waals surface area contributed by atoms with E-state index in [-0.39, 0.29) is 22.4 Å².